The van der Waals surface area contributed by atoms with Gasteiger partial charge in [0.05, 0.1) is 6.61 Å². The highest BCUT2D eigenvalue weighted by Crippen LogP contribution is 2.25. The van der Waals surface area contributed by atoms with E-state index in [1.807, 2.05) is 0 Å². The number of carbonyl (C=O) groups excluding carboxylic acids is 3. The molecule has 0 atom stereocenters. The molecule has 2 aromatic rings. The summed E-state index contributed by atoms with van der Waals surface area (Å²) >= 11 is 0. The van der Waals surface area contributed by atoms with Crippen molar-refractivity contribution in [1.29, 1.82) is 0 Å². The second-order valence-electron chi connectivity index (χ2n) is 7.16. The highest BCUT2D eigenvalue weighted by Gasteiger charge is 2.35. The summed E-state index contributed by atoms with van der Waals surface area (Å²) in [6, 6.07) is 9.27. The van der Waals surface area contributed by atoms with Crippen LogP contribution in [0.15, 0.2) is 36.4 Å². The van der Waals surface area contributed by atoms with Gasteiger partial charge in [0.2, 0.25) is 18.5 Å². The zero-order chi connectivity index (χ0) is 22.4. The molecule has 0 radical (unpaired) electrons. The quantitative estimate of drug-likeness (QED) is 0.349. The Hall–Kier alpha value is -3.24. The lowest BCUT2D eigenvalue weighted by Crippen LogP contribution is -2.45. The smallest absolute Gasteiger partial charge is 0.248 e. The first kappa shape index (κ1) is 22.5. The third kappa shape index (κ3) is 5.47. The Bertz CT molecular complexity index is 985. The Kier molecular flexibility index (Phi) is 7.38. The molecule has 10 heteroatoms. The van der Waals surface area contributed by atoms with Crippen molar-refractivity contribution >= 4 is 29.9 Å². The minimum atomic E-state index is -0.736. The van der Waals surface area contributed by atoms with Crippen molar-refractivity contribution in [2.24, 2.45) is 5.73 Å². The van der Waals surface area contributed by atoms with Crippen molar-refractivity contribution < 1.29 is 28.6 Å². The number of benzene rings is 2. The molecular weight excluding hydrogens is 404 g/mol. The van der Waals surface area contributed by atoms with Gasteiger partial charge in [0.25, 0.3) is 0 Å². The van der Waals surface area contributed by atoms with E-state index in [1.165, 1.54) is 18.2 Å². The molecule has 0 saturated carbocycles. The van der Waals surface area contributed by atoms with E-state index in [0.29, 0.717) is 28.1 Å². The molecule has 8 nitrogen and oxygen atoms in total. The van der Waals surface area contributed by atoms with Crippen LogP contribution < -0.4 is 21.1 Å². The van der Waals surface area contributed by atoms with Crippen molar-refractivity contribution in [2.45, 2.75) is 25.7 Å². The van der Waals surface area contributed by atoms with E-state index in [4.69, 9.17) is 15.6 Å². The summed E-state index contributed by atoms with van der Waals surface area (Å²) in [6.07, 6.45) is -0.115. The number of aliphatic hydroxyl groups is 1. The van der Waals surface area contributed by atoms with Gasteiger partial charge >= 0.3 is 0 Å². The number of imide groups is 1. The molecule has 162 valence electrons. The van der Waals surface area contributed by atoms with E-state index in [2.05, 4.69) is 10.6 Å². The summed E-state index contributed by atoms with van der Waals surface area (Å²) in [5.74, 6) is -0.957. The Morgan fingerprint density at radius 1 is 1.23 bits per heavy atom. The molecule has 1 aliphatic rings. The van der Waals surface area contributed by atoms with Gasteiger partial charge in [-0.15, -0.1) is 0 Å². The van der Waals surface area contributed by atoms with Crippen molar-refractivity contribution in [3.8, 4) is 5.75 Å². The molecule has 0 aliphatic carbocycles. The number of anilines is 1. The maximum atomic E-state index is 14.2. The van der Waals surface area contributed by atoms with Crippen LogP contribution in [-0.4, -0.2) is 42.5 Å². The highest BCUT2D eigenvalue weighted by molar-refractivity contribution is 6.96. The Balaban J connectivity index is 1.80. The van der Waals surface area contributed by atoms with Gasteiger partial charge in [0, 0.05) is 42.5 Å². The van der Waals surface area contributed by atoms with Crippen LogP contribution in [0.25, 0.3) is 0 Å². The minimum Gasteiger partial charge on any atom is -0.491 e. The van der Waals surface area contributed by atoms with E-state index in [-0.39, 0.29) is 44.6 Å². The van der Waals surface area contributed by atoms with Gasteiger partial charge in [-0.2, -0.15) is 0 Å². The van der Waals surface area contributed by atoms with Gasteiger partial charge in [0.1, 0.15) is 23.9 Å². The maximum Gasteiger partial charge on any atom is 0.248 e. The summed E-state index contributed by atoms with van der Waals surface area (Å²) in [7, 11) is 0. The fraction of sp³-hybridized carbons (Fsp3) is 0.286. The third-order valence-electron chi connectivity index (χ3n) is 5.01. The number of nitrogens with two attached hydrogens (primary N) is 1. The second kappa shape index (κ2) is 10.2. The molecule has 0 aromatic heterocycles. The second-order valence-corrected chi connectivity index (χ2v) is 7.16. The van der Waals surface area contributed by atoms with E-state index >= 15 is 0 Å². The van der Waals surface area contributed by atoms with E-state index in [0.717, 1.165) is 0 Å². The van der Waals surface area contributed by atoms with Crippen molar-refractivity contribution in [3.63, 3.8) is 0 Å². The molecule has 0 bridgehead atoms. The van der Waals surface area contributed by atoms with Crippen LogP contribution in [0.1, 0.15) is 21.5 Å². The molecule has 1 saturated heterocycles. The number of nitrogens with one attached hydrogen (secondary N) is 2. The molecule has 1 fully saturated rings. The third-order valence-corrected chi connectivity index (χ3v) is 5.01. The summed E-state index contributed by atoms with van der Waals surface area (Å²) in [5.41, 5.74) is 7.33. The lowest BCUT2D eigenvalue weighted by Gasteiger charge is -2.20. The number of hydrogen-bond acceptors (Lipinski definition) is 7. The molecule has 0 unspecified atom stereocenters. The van der Waals surface area contributed by atoms with Gasteiger partial charge in [-0.3, -0.25) is 14.9 Å². The summed E-state index contributed by atoms with van der Waals surface area (Å²) in [5, 5.41) is 14.2. The van der Waals surface area contributed by atoms with E-state index in [1.54, 1.807) is 18.2 Å². The van der Waals surface area contributed by atoms with Crippen LogP contribution in [-0.2, 0) is 22.7 Å². The zero-order valence-electron chi connectivity index (χ0n) is 16.8. The van der Waals surface area contributed by atoms with Crippen LogP contribution >= 0.6 is 0 Å². The minimum absolute atomic E-state index is 0.0409. The summed E-state index contributed by atoms with van der Waals surface area (Å²) < 4.78 is 19.5. The highest BCUT2D eigenvalue weighted by atomic mass is 19.1. The standard InChI is InChI=1S/C21H23BFN3O5/c23-17-5-4-14(31-7-6-27)8-13(17)12-25-18-3-1-2-15(16(18)11-24)21(30)22-9-19(28)26-20(29)10-22/h1-5,8,25,27H,6-7,9-12,24H2,(H,26,28,29). The first-order valence-corrected chi connectivity index (χ1v) is 9.87. The molecule has 5 N–H and O–H groups in total. The van der Waals surface area contributed by atoms with Crippen LogP contribution in [0.2, 0.25) is 12.6 Å². The average molecular weight is 427 g/mol. The Morgan fingerprint density at radius 3 is 2.65 bits per heavy atom. The topological polar surface area (TPSA) is 131 Å². The monoisotopic (exact) mass is 427 g/mol. The first-order valence-electron chi connectivity index (χ1n) is 9.87. The van der Waals surface area contributed by atoms with Gasteiger partial charge < -0.3 is 25.7 Å². The number of halogens is 1. The predicted octanol–water partition coefficient (Wildman–Crippen LogP) is 1.14. The lowest BCUT2D eigenvalue weighted by atomic mass is 9.39. The zero-order valence-corrected chi connectivity index (χ0v) is 16.8. The number of aliphatic hydroxyl groups excluding tert-OH is 1. The molecule has 3 rings (SSSR count). The van der Waals surface area contributed by atoms with Gasteiger partial charge in [-0.1, -0.05) is 12.1 Å². The fourth-order valence-electron chi connectivity index (χ4n) is 3.52. The summed E-state index contributed by atoms with van der Waals surface area (Å²) in [6.45, 7) is -0.641. The van der Waals surface area contributed by atoms with Crippen molar-refractivity contribution in [1.82, 2.24) is 5.32 Å². The van der Waals surface area contributed by atoms with E-state index in [9.17, 15) is 18.8 Å². The average Bonchev–Trinajstić information content (AvgIpc) is 2.76. The molecule has 0 spiro atoms. The van der Waals surface area contributed by atoms with Gasteiger partial charge in [-0.05, 0) is 29.8 Å². The predicted molar refractivity (Wildman–Crippen MR) is 113 cm³/mol. The van der Waals surface area contributed by atoms with Crippen LogP contribution in [0.3, 0.4) is 0 Å². The molecule has 31 heavy (non-hydrogen) atoms. The number of hydrogen-bond donors (Lipinski definition) is 4. The Morgan fingerprint density at radius 2 is 1.97 bits per heavy atom. The van der Waals surface area contributed by atoms with Crippen LogP contribution in [0, 0.1) is 5.82 Å². The van der Waals surface area contributed by atoms with Crippen molar-refractivity contribution in [3.05, 3.63) is 58.9 Å². The van der Waals surface area contributed by atoms with Gasteiger partial charge in [-0.25, -0.2) is 4.39 Å². The van der Waals surface area contributed by atoms with Crippen molar-refractivity contribution in [2.75, 3.05) is 18.5 Å². The lowest BCUT2D eigenvalue weighted by molar-refractivity contribution is -0.128. The normalized spacial score (nSPS) is 13.7. The molecule has 2 aromatic carbocycles. The fourth-order valence-corrected chi connectivity index (χ4v) is 3.52. The van der Waals surface area contributed by atoms with E-state index < -0.39 is 24.3 Å². The number of carbonyl (C=O) groups is 3. The number of ether oxygens (including phenoxy) is 1. The first-order chi connectivity index (χ1) is 14.9. The molecule has 1 aliphatic heterocycles. The largest absolute Gasteiger partial charge is 0.491 e. The Labute approximate surface area is 179 Å². The SMILES string of the molecule is NCc1c(NCc2cc(OCCO)ccc2F)cccc1C(=O)B1CC(=O)NC(=O)C1. The molecule has 1 heterocycles. The number of rotatable bonds is 9. The number of amides is 2. The van der Waals surface area contributed by atoms with Gasteiger partial charge in [0.15, 0.2) is 0 Å². The molecular formula is C21H23BFN3O5. The maximum absolute atomic E-state index is 14.2. The summed E-state index contributed by atoms with van der Waals surface area (Å²) in [4.78, 5) is 36.3. The van der Waals surface area contributed by atoms with Crippen LogP contribution in [0.5, 0.6) is 5.75 Å². The van der Waals surface area contributed by atoms with Crippen LogP contribution in [0.4, 0.5) is 10.1 Å². The molecule has 2 amide bonds.